The second kappa shape index (κ2) is 4.52. The Balaban J connectivity index is 2.31. The smallest absolute Gasteiger partial charge is 0.133 e. The van der Waals surface area contributed by atoms with Crippen molar-refractivity contribution in [1.82, 2.24) is 4.98 Å². The van der Waals surface area contributed by atoms with Gasteiger partial charge in [0.05, 0.1) is 4.88 Å². The van der Waals surface area contributed by atoms with E-state index in [2.05, 4.69) is 37.9 Å². The van der Waals surface area contributed by atoms with Gasteiger partial charge in [-0.15, -0.1) is 22.7 Å². The summed E-state index contributed by atoms with van der Waals surface area (Å²) in [6, 6.07) is 4.44. The van der Waals surface area contributed by atoms with Crippen molar-refractivity contribution in [3.63, 3.8) is 0 Å². The summed E-state index contributed by atoms with van der Waals surface area (Å²) >= 11 is 3.52. The van der Waals surface area contributed by atoms with Gasteiger partial charge in [-0.1, -0.05) is 20.8 Å². The second-order valence-corrected chi connectivity index (χ2v) is 7.42. The topological polar surface area (TPSA) is 38.9 Å². The van der Waals surface area contributed by atoms with Crippen LogP contribution in [0.1, 0.15) is 43.5 Å². The lowest BCUT2D eigenvalue weighted by atomic mass is 9.95. The molecular weight excluding hydrogens is 248 g/mol. The third kappa shape index (κ3) is 2.76. The zero-order chi connectivity index (χ0) is 12.6. The molecule has 0 aromatic carbocycles. The Morgan fingerprint density at radius 1 is 1.24 bits per heavy atom. The van der Waals surface area contributed by atoms with Crippen molar-refractivity contribution in [1.29, 1.82) is 0 Å². The molecule has 0 spiro atoms. The monoisotopic (exact) mass is 266 g/mol. The SMILES string of the molecule is CC(N)c1cnc(-c2ccc(C(C)(C)C)s2)s1. The van der Waals surface area contributed by atoms with Gasteiger partial charge in [0.1, 0.15) is 5.01 Å². The minimum Gasteiger partial charge on any atom is -0.323 e. The Bertz CT molecular complexity index is 503. The Morgan fingerprint density at radius 3 is 2.41 bits per heavy atom. The maximum Gasteiger partial charge on any atom is 0.133 e. The van der Waals surface area contributed by atoms with Crippen LogP contribution in [0.25, 0.3) is 9.88 Å². The minimum absolute atomic E-state index is 0.0725. The van der Waals surface area contributed by atoms with Gasteiger partial charge in [0.2, 0.25) is 0 Å². The first-order valence-electron chi connectivity index (χ1n) is 5.70. The highest BCUT2D eigenvalue weighted by atomic mass is 32.1. The van der Waals surface area contributed by atoms with E-state index >= 15 is 0 Å². The molecule has 0 bridgehead atoms. The summed E-state index contributed by atoms with van der Waals surface area (Å²) in [4.78, 5) is 8.23. The first-order chi connectivity index (χ1) is 7.88. The molecule has 0 saturated carbocycles. The first kappa shape index (κ1) is 12.7. The molecule has 0 saturated heterocycles. The summed E-state index contributed by atoms with van der Waals surface area (Å²) < 4.78 is 0. The average Bonchev–Trinajstić information content (AvgIpc) is 2.85. The molecule has 1 atom stereocenters. The number of hydrogen-bond donors (Lipinski definition) is 1. The molecule has 4 heteroatoms. The lowest BCUT2D eigenvalue weighted by Crippen LogP contribution is -2.07. The molecule has 2 heterocycles. The largest absolute Gasteiger partial charge is 0.323 e. The van der Waals surface area contributed by atoms with Gasteiger partial charge in [0.15, 0.2) is 0 Å². The van der Waals surface area contributed by atoms with Crippen molar-refractivity contribution in [3.8, 4) is 9.88 Å². The highest BCUT2D eigenvalue weighted by Gasteiger charge is 2.17. The fourth-order valence-corrected chi connectivity index (χ4v) is 3.46. The predicted octanol–water partition coefficient (Wildman–Crippen LogP) is 4.19. The standard InChI is InChI=1S/C13H18N2S2/c1-8(14)10-7-15-12(17-10)9-5-6-11(16-9)13(2,3)4/h5-8H,14H2,1-4H3. The summed E-state index contributed by atoms with van der Waals surface area (Å²) in [6.45, 7) is 8.69. The molecule has 2 rings (SSSR count). The molecule has 0 aliphatic heterocycles. The molecule has 2 aromatic rings. The maximum absolute atomic E-state index is 5.85. The first-order valence-corrected chi connectivity index (χ1v) is 7.33. The molecule has 0 aliphatic rings. The van der Waals surface area contributed by atoms with Crippen molar-refractivity contribution in [2.45, 2.75) is 39.2 Å². The number of thiazole rings is 1. The van der Waals surface area contributed by atoms with Gasteiger partial charge >= 0.3 is 0 Å². The Morgan fingerprint density at radius 2 is 1.94 bits per heavy atom. The van der Waals surface area contributed by atoms with Crippen molar-refractivity contribution < 1.29 is 0 Å². The number of aromatic nitrogens is 1. The molecule has 0 aliphatic carbocycles. The quantitative estimate of drug-likeness (QED) is 0.885. The third-order valence-electron chi connectivity index (χ3n) is 2.53. The number of hydrogen-bond acceptors (Lipinski definition) is 4. The van der Waals surface area contributed by atoms with Crippen LogP contribution in [0.5, 0.6) is 0 Å². The van der Waals surface area contributed by atoms with Crippen LogP contribution in [-0.4, -0.2) is 4.98 Å². The van der Waals surface area contributed by atoms with Gasteiger partial charge in [0, 0.05) is 22.0 Å². The van der Waals surface area contributed by atoms with Crippen LogP contribution in [0.2, 0.25) is 0 Å². The lowest BCUT2D eigenvalue weighted by molar-refractivity contribution is 0.604. The molecule has 2 aromatic heterocycles. The van der Waals surface area contributed by atoms with Crippen LogP contribution >= 0.6 is 22.7 Å². The molecule has 0 fully saturated rings. The molecule has 0 radical (unpaired) electrons. The van der Waals surface area contributed by atoms with Gasteiger partial charge in [-0.3, -0.25) is 0 Å². The zero-order valence-electron chi connectivity index (χ0n) is 10.7. The van der Waals surface area contributed by atoms with E-state index in [1.165, 1.54) is 9.75 Å². The van der Waals surface area contributed by atoms with Crippen LogP contribution in [0.4, 0.5) is 0 Å². The predicted molar refractivity (Wildman–Crippen MR) is 76.7 cm³/mol. The van der Waals surface area contributed by atoms with Crippen molar-refractivity contribution in [2.75, 3.05) is 0 Å². The van der Waals surface area contributed by atoms with Gasteiger partial charge in [-0.25, -0.2) is 4.98 Å². The average molecular weight is 266 g/mol. The molecular formula is C13H18N2S2. The highest BCUT2D eigenvalue weighted by Crippen LogP contribution is 2.37. The fraction of sp³-hybridized carbons (Fsp3) is 0.462. The summed E-state index contributed by atoms with van der Waals surface area (Å²) in [7, 11) is 0. The molecule has 0 amide bonds. The number of rotatable bonds is 2. The van der Waals surface area contributed by atoms with E-state index in [0.29, 0.717) is 0 Å². The van der Waals surface area contributed by atoms with Crippen LogP contribution in [0.15, 0.2) is 18.3 Å². The van der Waals surface area contributed by atoms with Gasteiger partial charge in [-0.05, 0) is 24.5 Å². The second-order valence-electron chi connectivity index (χ2n) is 5.27. The molecule has 17 heavy (non-hydrogen) atoms. The van der Waals surface area contributed by atoms with Crippen molar-refractivity contribution >= 4 is 22.7 Å². The van der Waals surface area contributed by atoms with Gasteiger partial charge in [-0.2, -0.15) is 0 Å². The number of thiophene rings is 1. The van der Waals surface area contributed by atoms with E-state index in [4.69, 9.17) is 5.73 Å². The molecule has 1 unspecified atom stereocenters. The summed E-state index contributed by atoms with van der Waals surface area (Å²) in [5, 5.41) is 1.08. The van der Waals surface area contributed by atoms with E-state index in [-0.39, 0.29) is 11.5 Å². The number of nitrogens with zero attached hydrogens (tertiary/aromatic N) is 1. The maximum atomic E-state index is 5.85. The molecule has 2 nitrogen and oxygen atoms in total. The van der Waals surface area contributed by atoms with Gasteiger partial charge < -0.3 is 5.73 Å². The van der Waals surface area contributed by atoms with E-state index in [1.807, 2.05) is 24.5 Å². The zero-order valence-corrected chi connectivity index (χ0v) is 12.3. The van der Waals surface area contributed by atoms with E-state index < -0.39 is 0 Å². The van der Waals surface area contributed by atoms with Crippen LogP contribution in [-0.2, 0) is 5.41 Å². The van der Waals surface area contributed by atoms with Gasteiger partial charge in [0.25, 0.3) is 0 Å². The highest BCUT2D eigenvalue weighted by molar-refractivity contribution is 7.21. The number of nitrogens with two attached hydrogens (primary N) is 1. The van der Waals surface area contributed by atoms with Crippen LogP contribution in [0.3, 0.4) is 0 Å². The van der Waals surface area contributed by atoms with E-state index in [0.717, 1.165) is 9.88 Å². The molecule has 2 N–H and O–H groups in total. The summed E-state index contributed by atoms with van der Waals surface area (Å²) in [5.41, 5.74) is 6.07. The normalized spacial score (nSPS) is 13.9. The Labute approximate surface area is 111 Å². The Kier molecular flexibility index (Phi) is 3.39. The minimum atomic E-state index is 0.0725. The lowest BCUT2D eigenvalue weighted by Gasteiger charge is -2.15. The molecule has 92 valence electrons. The third-order valence-corrected chi connectivity index (χ3v) is 5.41. The van der Waals surface area contributed by atoms with E-state index in [1.54, 1.807) is 11.3 Å². The van der Waals surface area contributed by atoms with E-state index in [9.17, 15) is 0 Å². The van der Waals surface area contributed by atoms with Crippen LogP contribution in [0, 0.1) is 0 Å². The Hall–Kier alpha value is -0.710. The summed E-state index contributed by atoms with van der Waals surface area (Å²) in [6.07, 6.45) is 1.89. The fourth-order valence-electron chi connectivity index (χ4n) is 1.47. The van der Waals surface area contributed by atoms with Crippen LogP contribution < -0.4 is 5.73 Å². The van der Waals surface area contributed by atoms with Crippen molar-refractivity contribution in [3.05, 3.63) is 28.1 Å². The van der Waals surface area contributed by atoms with Crippen molar-refractivity contribution in [2.24, 2.45) is 5.73 Å². The summed E-state index contributed by atoms with van der Waals surface area (Å²) in [5.74, 6) is 0.